The number of aliphatic hydroxyl groups excluding tert-OH is 1. The first-order chi connectivity index (χ1) is 8.08. The molecular formula is C12H21N3OS. The Hall–Kier alpha value is -0.520. The van der Waals surface area contributed by atoms with Gasteiger partial charge >= 0.3 is 0 Å². The van der Waals surface area contributed by atoms with Crippen LogP contribution in [0.3, 0.4) is 0 Å². The Morgan fingerprint density at radius 2 is 2.35 bits per heavy atom. The van der Waals surface area contributed by atoms with E-state index in [-0.39, 0.29) is 12.1 Å². The van der Waals surface area contributed by atoms with Crippen molar-refractivity contribution >= 4 is 11.8 Å². The van der Waals surface area contributed by atoms with Gasteiger partial charge in [0.25, 0.3) is 0 Å². The number of thioether (sulfide) groups is 1. The molecule has 0 amide bonds. The zero-order valence-electron chi connectivity index (χ0n) is 10.8. The van der Waals surface area contributed by atoms with Crippen molar-refractivity contribution in [2.24, 2.45) is 7.05 Å². The number of nitrogens with zero attached hydrogens (tertiary/aromatic N) is 3. The molecule has 5 heteroatoms. The Balaban J connectivity index is 2.00. The number of aryl methyl sites for hydroxylation is 2. The third-order valence-electron chi connectivity index (χ3n) is 3.40. The lowest BCUT2D eigenvalue weighted by atomic mass is 10.1. The van der Waals surface area contributed by atoms with E-state index in [1.165, 1.54) is 5.75 Å². The second kappa shape index (κ2) is 5.42. The molecule has 0 radical (unpaired) electrons. The Bertz CT molecular complexity index is 380. The fraction of sp³-hybridized carbons (Fsp3) is 0.750. The molecule has 1 aromatic rings. The van der Waals surface area contributed by atoms with Crippen LogP contribution in [0, 0.1) is 6.92 Å². The summed E-state index contributed by atoms with van der Waals surface area (Å²) in [4.78, 5) is 2.27. The van der Waals surface area contributed by atoms with Gasteiger partial charge in [0.1, 0.15) is 0 Å². The van der Waals surface area contributed by atoms with Crippen LogP contribution in [0.1, 0.15) is 11.4 Å². The van der Waals surface area contributed by atoms with E-state index in [1.807, 2.05) is 30.4 Å². The lowest BCUT2D eigenvalue weighted by Crippen LogP contribution is -2.47. The van der Waals surface area contributed by atoms with Gasteiger partial charge in [-0.05, 0) is 20.0 Å². The van der Waals surface area contributed by atoms with E-state index >= 15 is 0 Å². The maximum absolute atomic E-state index is 10.3. The van der Waals surface area contributed by atoms with Crippen molar-refractivity contribution in [3.63, 3.8) is 0 Å². The van der Waals surface area contributed by atoms with Gasteiger partial charge < -0.3 is 5.11 Å². The van der Waals surface area contributed by atoms with Gasteiger partial charge in [0.2, 0.25) is 0 Å². The van der Waals surface area contributed by atoms with E-state index in [2.05, 4.69) is 23.1 Å². The van der Waals surface area contributed by atoms with Crippen molar-refractivity contribution in [2.75, 3.05) is 25.1 Å². The largest absolute Gasteiger partial charge is 0.391 e. The first kappa shape index (κ1) is 12.9. The summed E-state index contributed by atoms with van der Waals surface area (Å²) in [5.74, 6) is 2.19. The van der Waals surface area contributed by atoms with Crippen LogP contribution in [0.5, 0.6) is 0 Å². The van der Waals surface area contributed by atoms with Crippen molar-refractivity contribution in [2.45, 2.75) is 25.5 Å². The molecule has 4 nitrogen and oxygen atoms in total. The summed E-state index contributed by atoms with van der Waals surface area (Å²) in [6.07, 6.45) is 0.384. The molecule has 1 aliphatic rings. The summed E-state index contributed by atoms with van der Waals surface area (Å²) >= 11 is 1.93. The lowest BCUT2D eigenvalue weighted by Gasteiger charge is -2.35. The fourth-order valence-corrected chi connectivity index (χ4v) is 3.62. The third kappa shape index (κ3) is 3.03. The minimum absolute atomic E-state index is 0.268. The van der Waals surface area contributed by atoms with Crippen molar-refractivity contribution < 1.29 is 5.11 Å². The summed E-state index contributed by atoms with van der Waals surface area (Å²) in [7, 11) is 4.04. The summed E-state index contributed by atoms with van der Waals surface area (Å²) in [5, 5.41) is 14.7. The number of aromatic nitrogens is 2. The molecule has 0 saturated carbocycles. The monoisotopic (exact) mass is 255 g/mol. The predicted molar refractivity (Wildman–Crippen MR) is 71.4 cm³/mol. The van der Waals surface area contributed by atoms with Crippen molar-refractivity contribution in [3.05, 3.63) is 17.5 Å². The summed E-state index contributed by atoms with van der Waals surface area (Å²) in [5.41, 5.74) is 2.13. The predicted octanol–water partition coefficient (Wildman–Crippen LogP) is 0.679. The van der Waals surface area contributed by atoms with Crippen LogP contribution >= 0.6 is 11.8 Å². The molecule has 1 N–H and O–H groups in total. The second-order valence-corrected chi connectivity index (χ2v) is 5.94. The maximum Gasteiger partial charge on any atom is 0.0758 e. The molecule has 2 rings (SSSR count). The molecule has 17 heavy (non-hydrogen) atoms. The molecule has 96 valence electrons. The number of aliphatic hydroxyl groups is 1. The number of hydrogen-bond acceptors (Lipinski definition) is 4. The normalized spacial score (nSPS) is 23.9. The van der Waals surface area contributed by atoms with Gasteiger partial charge in [-0.15, -0.1) is 0 Å². The van der Waals surface area contributed by atoms with Gasteiger partial charge in [0, 0.05) is 43.3 Å². The average Bonchev–Trinajstić information content (AvgIpc) is 2.58. The molecule has 0 aromatic carbocycles. The highest BCUT2D eigenvalue weighted by atomic mass is 32.2. The summed E-state index contributed by atoms with van der Waals surface area (Å²) in [6.45, 7) is 3.05. The Kier molecular flexibility index (Phi) is 4.12. The van der Waals surface area contributed by atoms with Gasteiger partial charge in [-0.2, -0.15) is 16.9 Å². The molecule has 1 aliphatic heterocycles. The zero-order chi connectivity index (χ0) is 12.4. The van der Waals surface area contributed by atoms with Crippen LogP contribution in [-0.2, 0) is 13.5 Å². The molecule has 1 saturated heterocycles. The van der Waals surface area contributed by atoms with Gasteiger partial charge in [-0.25, -0.2) is 0 Å². The van der Waals surface area contributed by atoms with E-state index in [4.69, 9.17) is 0 Å². The summed E-state index contributed by atoms with van der Waals surface area (Å²) < 4.78 is 1.87. The standard InChI is InChI=1S/C12H21N3OS/c1-9-6-10(15(3)13-9)7-12(16)11-8-17-5-4-14(11)2/h6,11-12,16H,4-5,7-8H2,1-3H3. The molecule has 2 heterocycles. The lowest BCUT2D eigenvalue weighted by molar-refractivity contribution is 0.0749. The van der Waals surface area contributed by atoms with Crippen LogP contribution in [0.2, 0.25) is 0 Å². The van der Waals surface area contributed by atoms with E-state index in [0.29, 0.717) is 6.42 Å². The quantitative estimate of drug-likeness (QED) is 0.862. The Morgan fingerprint density at radius 1 is 1.59 bits per heavy atom. The number of rotatable bonds is 3. The third-order valence-corrected chi connectivity index (χ3v) is 4.45. The van der Waals surface area contributed by atoms with Gasteiger partial charge in [0.15, 0.2) is 0 Å². The van der Waals surface area contributed by atoms with E-state index in [9.17, 15) is 5.11 Å². The van der Waals surface area contributed by atoms with Crippen LogP contribution < -0.4 is 0 Å². The van der Waals surface area contributed by atoms with Crippen molar-refractivity contribution in [1.82, 2.24) is 14.7 Å². The van der Waals surface area contributed by atoms with Gasteiger partial charge in [-0.3, -0.25) is 9.58 Å². The first-order valence-corrected chi connectivity index (χ1v) is 7.19. The van der Waals surface area contributed by atoms with E-state index in [1.54, 1.807) is 0 Å². The molecule has 0 aliphatic carbocycles. The van der Waals surface area contributed by atoms with Crippen molar-refractivity contribution in [1.29, 1.82) is 0 Å². The van der Waals surface area contributed by atoms with Crippen LogP contribution in [0.15, 0.2) is 6.07 Å². The second-order valence-electron chi connectivity index (χ2n) is 4.80. The van der Waals surface area contributed by atoms with E-state index < -0.39 is 0 Å². The van der Waals surface area contributed by atoms with Crippen molar-refractivity contribution in [3.8, 4) is 0 Å². The number of likely N-dealkylation sites (N-methyl/N-ethyl adjacent to an activating group) is 1. The highest BCUT2D eigenvalue weighted by molar-refractivity contribution is 7.99. The average molecular weight is 255 g/mol. The van der Waals surface area contributed by atoms with Gasteiger partial charge in [-0.1, -0.05) is 0 Å². The zero-order valence-corrected chi connectivity index (χ0v) is 11.6. The molecule has 0 spiro atoms. The highest BCUT2D eigenvalue weighted by Gasteiger charge is 2.27. The Morgan fingerprint density at radius 3 is 2.94 bits per heavy atom. The minimum Gasteiger partial charge on any atom is -0.391 e. The molecule has 2 atom stereocenters. The number of hydrogen-bond donors (Lipinski definition) is 1. The first-order valence-electron chi connectivity index (χ1n) is 6.03. The molecule has 1 fully saturated rings. The van der Waals surface area contributed by atoms with E-state index in [0.717, 1.165) is 23.7 Å². The van der Waals surface area contributed by atoms with Crippen LogP contribution in [-0.4, -0.2) is 57.0 Å². The molecule has 0 bridgehead atoms. The van der Waals surface area contributed by atoms with Gasteiger partial charge in [0.05, 0.1) is 11.8 Å². The maximum atomic E-state index is 10.3. The fourth-order valence-electron chi connectivity index (χ4n) is 2.32. The molecular weight excluding hydrogens is 234 g/mol. The molecule has 2 unspecified atom stereocenters. The molecule has 1 aromatic heterocycles. The van der Waals surface area contributed by atoms with Crippen LogP contribution in [0.25, 0.3) is 0 Å². The summed E-state index contributed by atoms with van der Waals surface area (Å²) in [6, 6.07) is 2.32. The SMILES string of the molecule is Cc1cc(CC(O)C2CSCCN2C)n(C)n1. The van der Waals surface area contributed by atoms with Crippen LogP contribution in [0.4, 0.5) is 0 Å². The highest BCUT2D eigenvalue weighted by Crippen LogP contribution is 2.19. The minimum atomic E-state index is -0.303. The topological polar surface area (TPSA) is 41.3 Å². The smallest absolute Gasteiger partial charge is 0.0758 e. The Labute approximate surface area is 107 Å².